The number of carbonyl (C=O) groups is 2. The summed E-state index contributed by atoms with van der Waals surface area (Å²) in [5.74, 6) is 2.63. The minimum absolute atomic E-state index is 0.0205. The molecule has 6 rings (SSSR count). The molecule has 0 heterocycles. The van der Waals surface area contributed by atoms with E-state index in [4.69, 9.17) is 4.74 Å². The zero-order valence-electron chi connectivity index (χ0n) is 14.7. The van der Waals surface area contributed by atoms with E-state index in [2.05, 4.69) is 0 Å². The van der Waals surface area contributed by atoms with Crippen LogP contribution in [0.4, 0.5) is 0 Å². The van der Waals surface area contributed by atoms with Gasteiger partial charge in [-0.3, -0.25) is 9.59 Å². The lowest BCUT2D eigenvalue weighted by molar-refractivity contribution is -0.188. The third-order valence-electron chi connectivity index (χ3n) is 7.07. The number of Topliss-reactive ketones (excluding diaryl/α,β-unsaturated/α-hetero) is 1. The standard InChI is InChI=1S/C22H26O3/c23-20(17-4-2-1-3-5-17)10-18-9-19(18)21(24)25-22-11-14-6-15(12-22)8-16(7-14)13-22/h1-5,14-16,18-19H,6-13H2/t14?,15?,16?,18-,19+,22?/m0/s1. The molecule has 5 aliphatic carbocycles. The lowest BCUT2D eigenvalue weighted by atomic mass is 9.54. The molecule has 0 amide bonds. The second-order valence-electron chi connectivity index (χ2n) is 9.12. The van der Waals surface area contributed by atoms with Gasteiger partial charge in [-0.1, -0.05) is 30.3 Å². The predicted octanol–water partition coefficient (Wildman–Crippen LogP) is 4.41. The van der Waals surface area contributed by atoms with Crippen molar-refractivity contribution in [2.45, 2.75) is 57.0 Å². The van der Waals surface area contributed by atoms with Crippen molar-refractivity contribution in [1.29, 1.82) is 0 Å². The lowest BCUT2D eigenvalue weighted by Crippen LogP contribution is -2.53. The summed E-state index contributed by atoms with van der Waals surface area (Å²) in [6, 6.07) is 9.40. The molecular formula is C22H26O3. The van der Waals surface area contributed by atoms with Crippen molar-refractivity contribution < 1.29 is 14.3 Å². The van der Waals surface area contributed by atoms with Gasteiger partial charge in [-0.05, 0) is 68.6 Å². The topological polar surface area (TPSA) is 43.4 Å². The van der Waals surface area contributed by atoms with Crippen LogP contribution in [0.5, 0.6) is 0 Å². The van der Waals surface area contributed by atoms with Gasteiger partial charge in [0.1, 0.15) is 5.60 Å². The van der Waals surface area contributed by atoms with E-state index < -0.39 is 0 Å². The first kappa shape index (κ1) is 15.6. The summed E-state index contributed by atoms with van der Waals surface area (Å²) in [6.07, 6.45) is 8.63. The lowest BCUT2D eigenvalue weighted by Gasteiger charge is -2.55. The van der Waals surface area contributed by atoms with Gasteiger partial charge in [0, 0.05) is 12.0 Å². The molecule has 1 aromatic rings. The smallest absolute Gasteiger partial charge is 0.309 e. The summed E-state index contributed by atoms with van der Waals surface area (Å²) in [5.41, 5.74) is 0.602. The molecule has 5 aliphatic rings. The van der Waals surface area contributed by atoms with Crippen LogP contribution < -0.4 is 0 Å². The number of hydrogen-bond acceptors (Lipinski definition) is 3. The number of ketones is 1. The molecule has 0 N–H and O–H groups in total. The van der Waals surface area contributed by atoms with Gasteiger partial charge in [0.25, 0.3) is 0 Å². The molecule has 3 nitrogen and oxygen atoms in total. The van der Waals surface area contributed by atoms with Crippen molar-refractivity contribution in [3.8, 4) is 0 Å². The van der Waals surface area contributed by atoms with Gasteiger partial charge in [0.15, 0.2) is 5.78 Å². The Labute approximate surface area is 149 Å². The molecule has 0 unspecified atom stereocenters. The zero-order chi connectivity index (χ0) is 17.0. The number of esters is 1. The molecule has 4 bridgehead atoms. The van der Waals surface area contributed by atoms with Crippen LogP contribution >= 0.6 is 0 Å². The first-order valence-electron chi connectivity index (χ1n) is 9.91. The number of rotatable bonds is 5. The molecule has 3 heteroatoms. The van der Waals surface area contributed by atoms with Crippen molar-refractivity contribution in [3.63, 3.8) is 0 Å². The Morgan fingerprint density at radius 1 is 0.920 bits per heavy atom. The van der Waals surface area contributed by atoms with Crippen LogP contribution in [0.15, 0.2) is 30.3 Å². The van der Waals surface area contributed by atoms with Gasteiger partial charge in [-0.2, -0.15) is 0 Å². The molecule has 0 aliphatic heterocycles. The number of ether oxygens (including phenoxy) is 1. The highest BCUT2D eigenvalue weighted by Gasteiger charge is 2.55. The number of benzene rings is 1. The monoisotopic (exact) mass is 338 g/mol. The van der Waals surface area contributed by atoms with Crippen LogP contribution in [-0.4, -0.2) is 17.4 Å². The summed E-state index contributed by atoms with van der Waals surface area (Å²) in [5, 5.41) is 0. The van der Waals surface area contributed by atoms with Crippen molar-refractivity contribution >= 4 is 11.8 Å². The van der Waals surface area contributed by atoms with Crippen molar-refractivity contribution in [2.75, 3.05) is 0 Å². The van der Waals surface area contributed by atoms with E-state index in [0.29, 0.717) is 6.42 Å². The van der Waals surface area contributed by atoms with Crippen LogP contribution in [0.25, 0.3) is 0 Å². The maximum Gasteiger partial charge on any atom is 0.309 e. The summed E-state index contributed by atoms with van der Waals surface area (Å²) < 4.78 is 6.14. The third-order valence-corrected chi connectivity index (χ3v) is 7.07. The average molecular weight is 338 g/mol. The van der Waals surface area contributed by atoms with Crippen molar-refractivity contribution in [1.82, 2.24) is 0 Å². The van der Waals surface area contributed by atoms with E-state index >= 15 is 0 Å². The van der Waals surface area contributed by atoms with E-state index in [1.807, 2.05) is 30.3 Å². The summed E-state index contributed by atoms with van der Waals surface area (Å²) in [7, 11) is 0. The first-order valence-corrected chi connectivity index (χ1v) is 9.91. The van der Waals surface area contributed by atoms with Crippen LogP contribution in [-0.2, 0) is 9.53 Å². The maximum absolute atomic E-state index is 12.7. The summed E-state index contributed by atoms with van der Waals surface area (Å²) in [4.78, 5) is 25.0. The fraction of sp³-hybridized carbons (Fsp3) is 0.636. The molecular weight excluding hydrogens is 312 g/mol. The molecule has 1 aromatic carbocycles. The summed E-state index contributed by atoms with van der Waals surface area (Å²) in [6.45, 7) is 0. The molecule has 5 fully saturated rings. The number of carbonyl (C=O) groups excluding carboxylic acids is 2. The number of hydrogen-bond donors (Lipinski definition) is 0. The van der Waals surface area contributed by atoms with Gasteiger partial charge >= 0.3 is 5.97 Å². The SMILES string of the molecule is O=C(C[C@@H]1C[C@H]1C(=O)OC12CC3CC(CC(C3)C1)C2)c1ccccc1. The largest absolute Gasteiger partial charge is 0.459 e. The maximum atomic E-state index is 12.7. The Morgan fingerprint density at radius 2 is 1.52 bits per heavy atom. The quantitative estimate of drug-likeness (QED) is 0.590. The normalized spacial score (nSPS) is 40.7. The molecule has 0 saturated heterocycles. The van der Waals surface area contributed by atoms with Gasteiger partial charge in [-0.25, -0.2) is 0 Å². The van der Waals surface area contributed by atoms with E-state index in [-0.39, 0.29) is 29.2 Å². The fourth-order valence-corrected chi connectivity index (χ4v) is 6.19. The highest BCUT2D eigenvalue weighted by Crippen LogP contribution is 2.58. The van der Waals surface area contributed by atoms with Crippen LogP contribution in [0.3, 0.4) is 0 Å². The fourth-order valence-electron chi connectivity index (χ4n) is 6.19. The highest BCUT2D eigenvalue weighted by molar-refractivity contribution is 5.96. The van der Waals surface area contributed by atoms with E-state index in [1.165, 1.54) is 19.3 Å². The second-order valence-corrected chi connectivity index (χ2v) is 9.12. The Hall–Kier alpha value is -1.64. The Kier molecular flexibility index (Phi) is 3.55. The third kappa shape index (κ3) is 2.92. The van der Waals surface area contributed by atoms with Crippen LogP contribution in [0.2, 0.25) is 0 Å². The molecule has 0 aromatic heterocycles. The molecule has 132 valence electrons. The van der Waals surface area contributed by atoms with E-state index in [9.17, 15) is 9.59 Å². The second kappa shape index (κ2) is 5.69. The highest BCUT2D eigenvalue weighted by atomic mass is 16.6. The molecule has 0 radical (unpaired) electrons. The first-order chi connectivity index (χ1) is 12.1. The Bertz CT molecular complexity index is 657. The summed E-state index contributed by atoms with van der Waals surface area (Å²) >= 11 is 0. The molecule has 5 saturated carbocycles. The molecule has 2 atom stereocenters. The average Bonchev–Trinajstić information content (AvgIpc) is 3.33. The van der Waals surface area contributed by atoms with Crippen molar-refractivity contribution in [2.24, 2.45) is 29.6 Å². The van der Waals surface area contributed by atoms with Crippen molar-refractivity contribution in [3.05, 3.63) is 35.9 Å². The minimum Gasteiger partial charge on any atom is -0.459 e. The van der Waals surface area contributed by atoms with Crippen LogP contribution in [0, 0.1) is 29.6 Å². The van der Waals surface area contributed by atoms with E-state index in [1.54, 1.807) is 0 Å². The molecule has 25 heavy (non-hydrogen) atoms. The van der Waals surface area contributed by atoms with Gasteiger partial charge in [0.05, 0.1) is 5.92 Å². The predicted molar refractivity (Wildman–Crippen MR) is 94.0 cm³/mol. The van der Waals surface area contributed by atoms with Gasteiger partial charge < -0.3 is 4.74 Å². The van der Waals surface area contributed by atoms with Crippen LogP contribution in [0.1, 0.15) is 61.7 Å². The zero-order valence-corrected chi connectivity index (χ0v) is 14.7. The Balaban J connectivity index is 1.19. The van der Waals surface area contributed by atoms with Gasteiger partial charge in [0.2, 0.25) is 0 Å². The van der Waals surface area contributed by atoms with Gasteiger partial charge in [-0.15, -0.1) is 0 Å². The minimum atomic E-state index is -0.150. The Morgan fingerprint density at radius 3 is 2.12 bits per heavy atom. The molecule has 0 spiro atoms. The van der Waals surface area contributed by atoms with E-state index in [0.717, 1.165) is 49.0 Å².